The number of carbonyl (C=O) groups excluding carboxylic acids is 1. The second-order valence-corrected chi connectivity index (χ2v) is 4.87. The van der Waals surface area contributed by atoms with E-state index in [4.69, 9.17) is 10.00 Å². The summed E-state index contributed by atoms with van der Waals surface area (Å²) >= 11 is 0. The number of benzene rings is 1. The molecule has 6 heteroatoms. The van der Waals surface area contributed by atoms with Crippen molar-refractivity contribution in [1.82, 2.24) is 5.32 Å². The highest BCUT2D eigenvalue weighted by molar-refractivity contribution is 5.89. The van der Waals surface area contributed by atoms with Crippen molar-refractivity contribution in [2.75, 3.05) is 18.5 Å². The highest BCUT2D eigenvalue weighted by atomic mass is 16.5. The Balaban J connectivity index is 1.88. The maximum atomic E-state index is 11.8. The highest BCUT2D eigenvalue weighted by Gasteiger charge is 2.39. The van der Waals surface area contributed by atoms with Gasteiger partial charge in [-0.2, -0.15) is 5.26 Å². The quantitative estimate of drug-likeness (QED) is 0.773. The van der Waals surface area contributed by atoms with Crippen molar-refractivity contribution in [1.29, 1.82) is 5.26 Å². The summed E-state index contributed by atoms with van der Waals surface area (Å²) in [6, 6.07) is 8.19. The molecule has 6 nitrogen and oxygen atoms in total. The Bertz CT molecular complexity index is 541. The fourth-order valence-electron chi connectivity index (χ4n) is 2.08. The first-order valence-electron chi connectivity index (χ1n) is 6.42. The summed E-state index contributed by atoms with van der Waals surface area (Å²) < 4.78 is 5.29. The number of carbonyl (C=O) groups is 1. The first-order chi connectivity index (χ1) is 9.53. The van der Waals surface area contributed by atoms with E-state index in [1.807, 2.05) is 6.07 Å². The molecule has 20 heavy (non-hydrogen) atoms. The summed E-state index contributed by atoms with van der Waals surface area (Å²) in [7, 11) is 0. The van der Waals surface area contributed by atoms with Gasteiger partial charge in [0.25, 0.3) is 0 Å². The monoisotopic (exact) mass is 275 g/mol. The number of rotatable bonds is 3. The van der Waals surface area contributed by atoms with Crippen LogP contribution in [0.4, 0.5) is 10.5 Å². The Kier molecular flexibility index (Phi) is 4.23. The molecule has 0 spiro atoms. The van der Waals surface area contributed by atoms with Crippen molar-refractivity contribution in [3.63, 3.8) is 0 Å². The summed E-state index contributed by atoms with van der Waals surface area (Å²) in [5.41, 5.74) is -0.0187. The molecule has 106 valence electrons. The van der Waals surface area contributed by atoms with Crippen LogP contribution in [0.3, 0.4) is 0 Å². The number of nitrogens with one attached hydrogen (secondary N) is 2. The number of nitrogens with zero attached hydrogens (tertiary/aromatic N) is 1. The summed E-state index contributed by atoms with van der Waals surface area (Å²) in [6.07, 6.45) is 0.197. The van der Waals surface area contributed by atoms with Gasteiger partial charge in [-0.25, -0.2) is 4.79 Å². The van der Waals surface area contributed by atoms with Crippen LogP contribution in [0.1, 0.15) is 18.9 Å². The van der Waals surface area contributed by atoms with Gasteiger partial charge in [0.2, 0.25) is 0 Å². The molecule has 0 aromatic heterocycles. The van der Waals surface area contributed by atoms with E-state index in [1.165, 1.54) is 0 Å². The average Bonchev–Trinajstić information content (AvgIpc) is 2.77. The Morgan fingerprint density at radius 1 is 1.65 bits per heavy atom. The molecule has 1 aromatic carbocycles. The van der Waals surface area contributed by atoms with Gasteiger partial charge in [-0.3, -0.25) is 0 Å². The third-order valence-corrected chi connectivity index (χ3v) is 3.46. The van der Waals surface area contributed by atoms with Gasteiger partial charge in [0.15, 0.2) is 0 Å². The molecule has 0 radical (unpaired) electrons. The largest absolute Gasteiger partial charge is 0.385 e. The van der Waals surface area contributed by atoms with Gasteiger partial charge >= 0.3 is 6.03 Å². The van der Waals surface area contributed by atoms with E-state index in [-0.39, 0.29) is 12.6 Å². The lowest BCUT2D eigenvalue weighted by atomic mass is 9.97. The van der Waals surface area contributed by atoms with Crippen molar-refractivity contribution >= 4 is 11.7 Å². The van der Waals surface area contributed by atoms with Gasteiger partial charge in [0.1, 0.15) is 5.60 Å². The van der Waals surface area contributed by atoms with E-state index in [1.54, 1.807) is 31.2 Å². The SMILES string of the molecule is CC1OCCC1(O)CNC(=O)Nc1cccc(C#N)c1. The molecular weight excluding hydrogens is 258 g/mol. The number of ether oxygens (including phenoxy) is 1. The van der Waals surface area contributed by atoms with E-state index >= 15 is 0 Å². The number of amides is 2. The lowest BCUT2D eigenvalue weighted by Gasteiger charge is -2.26. The average molecular weight is 275 g/mol. The molecule has 1 fully saturated rings. The molecule has 1 heterocycles. The number of anilines is 1. The van der Waals surface area contributed by atoms with Crippen LogP contribution in [0, 0.1) is 11.3 Å². The Morgan fingerprint density at radius 2 is 2.45 bits per heavy atom. The van der Waals surface area contributed by atoms with Crippen molar-refractivity contribution in [2.24, 2.45) is 0 Å². The van der Waals surface area contributed by atoms with Gasteiger partial charge in [-0.15, -0.1) is 0 Å². The molecule has 3 N–H and O–H groups in total. The summed E-state index contributed by atoms with van der Waals surface area (Å²) in [6.45, 7) is 2.39. The molecule has 2 amide bonds. The summed E-state index contributed by atoms with van der Waals surface area (Å²) in [5, 5.41) is 24.3. The molecule has 0 saturated carbocycles. The molecule has 2 rings (SSSR count). The van der Waals surface area contributed by atoms with Crippen LogP contribution in [0.5, 0.6) is 0 Å². The maximum absolute atomic E-state index is 11.8. The second kappa shape index (κ2) is 5.90. The molecule has 1 saturated heterocycles. The van der Waals surface area contributed by atoms with Gasteiger partial charge < -0.3 is 20.5 Å². The van der Waals surface area contributed by atoms with Gasteiger partial charge in [-0.1, -0.05) is 6.07 Å². The third kappa shape index (κ3) is 3.26. The van der Waals surface area contributed by atoms with Crippen LogP contribution in [-0.4, -0.2) is 36.0 Å². The number of nitriles is 1. The predicted molar refractivity (Wildman–Crippen MR) is 73.2 cm³/mol. The lowest BCUT2D eigenvalue weighted by molar-refractivity contribution is -0.0241. The number of hydrogen-bond donors (Lipinski definition) is 3. The molecule has 0 bridgehead atoms. The van der Waals surface area contributed by atoms with Crippen LogP contribution < -0.4 is 10.6 Å². The molecule has 2 unspecified atom stereocenters. The molecular formula is C14H17N3O3. The second-order valence-electron chi connectivity index (χ2n) is 4.87. The lowest BCUT2D eigenvalue weighted by Crippen LogP contribution is -2.48. The highest BCUT2D eigenvalue weighted by Crippen LogP contribution is 2.24. The number of urea groups is 1. The standard InChI is InChI=1S/C14H17N3O3/c1-10-14(19,5-6-20-10)9-16-13(18)17-12-4-2-3-11(7-12)8-15/h2-4,7,10,19H,5-6,9H2,1H3,(H2,16,17,18). The fourth-order valence-corrected chi connectivity index (χ4v) is 2.08. The van der Waals surface area contributed by atoms with E-state index in [0.29, 0.717) is 24.3 Å². The van der Waals surface area contributed by atoms with E-state index in [2.05, 4.69) is 10.6 Å². The van der Waals surface area contributed by atoms with Crippen molar-refractivity contribution < 1.29 is 14.6 Å². The summed E-state index contributed by atoms with van der Waals surface area (Å²) in [5.74, 6) is 0. The van der Waals surface area contributed by atoms with Crippen LogP contribution in [0.15, 0.2) is 24.3 Å². The Hall–Kier alpha value is -2.10. The zero-order chi connectivity index (χ0) is 14.6. The smallest absolute Gasteiger partial charge is 0.319 e. The predicted octanol–water partition coefficient (Wildman–Crippen LogP) is 1.22. The maximum Gasteiger partial charge on any atom is 0.319 e. The van der Waals surface area contributed by atoms with Crippen molar-refractivity contribution in [3.05, 3.63) is 29.8 Å². The Labute approximate surface area is 117 Å². The molecule has 1 aliphatic rings. The minimum absolute atomic E-state index is 0.123. The molecule has 1 aromatic rings. The van der Waals surface area contributed by atoms with Crippen LogP contribution >= 0.6 is 0 Å². The first kappa shape index (κ1) is 14.3. The zero-order valence-electron chi connectivity index (χ0n) is 11.2. The fraction of sp³-hybridized carbons (Fsp3) is 0.429. The van der Waals surface area contributed by atoms with E-state index < -0.39 is 11.6 Å². The van der Waals surface area contributed by atoms with E-state index in [0.717, 1.165) is 0 Å². The minimum Gasteiger partial charge on any atom is -0.385 e. The van der Waals surface area contributed by atoms with E-state index in [9.17, 15) is 9.90 Å². The molecule has 2 atom stereocenters. The third-order valence-electron chi connectivity index (χ3n) is 3.46. The van der Waals surface area contributed by atoms with Crippen molar-refractivity contribution in [2.45, 2.75) is 25.0 Å². The number of aliphatic hydroxyl groups is 1. The van der Waals surface area contributed by atoms with Crippen molar-refractivity contribution in [3.8, 4) is 6.07 Å². The van der Waals surface area contributed by atoms with Gasteiger partial charge in [-0.05, 0) is 25.1 Å². The van der Waals surface area contributed by atoms with Gasteiger partial charge in [0, 0.05) is 18.7 Å². The Morgan fingerprint density at radius 3 is 3.10 bits per heavy atom. The van der Waals surface area contributed by atoms with Crippen LogP contribution in [0.2, 0.25) is 0 Å². The molecule has 1 aliphatic heterocycles. The van der Waals surface area contributed by atoms with Crippen LogP contribution in [0.25, 0.3) is 0 Å². The summed E-state index contributed by atoms with van der Waals surface area (Å²) in [4.78, 5) is 11.8. The van der Waals surface area contributed by atoms with Gasteiger partial charge in [0.05, 0.1) is 24.3 Å². The molecule has 0 aliphatic carbocycles. The minimum atomic E-state index is -1.02. The zero-order valence-corrected chi connectivity index (χ0v) is 11.2. The van der Waals surface area contributed by atoms with Crippen LogP contribution in [-0.2, 0) is 4.74 Å². The normalized spacial score (nSPS) is 24.9. The number of hydrogen-bond acceptors (Lipinski definition) is 4. The topological polar surface area (TPSA) is 94.4 Å². The first-order valence-corrected chi connectivity index (χ1v) is 6.42.